The number of hydrogen-bond donors (Lipinski definition) is 1. The molecule has 22 heavy (non-hydrogen) atoms. The van der Waals surface area contributed by atoms with Crippen LogP contribution in [-0.2, 0) is 0 Å². The van der Waals surface area contributed by atoms with E-state index in [4.69, 9.17) is 5.11 Å². The normalized spacial score (nSPS) is 18.7. The molecule has 0 spiro atoms. The number of likely N-dealkylation sites (N-methyl/N-ethyl adjacent to an activating group) is 1. The van der Waals surface area contributed by atoms with Crippen molar-refractivity contribution in [3.63, 3.8) is 0 Å². The monoisotopic (exact) mass is 308 g/mol. The van der Waals surface area contributed by atoms with Gasteiger partial charge in [-0.3, -0.25) is 9.69 Å². The summed E-state index contributed by atoms with van der Waals surface area (Å²) >= 11 is 0. The molecule has 0 aromatic heterocycles. The molecule has 0 saturated carbocycles. The predicted molar refractivity (Wildman–Crippen MR) is 80.6 cm³/mol. The third-order valence-electron chi connectivity index (χ3n) is 4.24. The third kappa shape index (κ3) is 3.27. The van der Waals surface area contributed by atoms with E-state index in [1.807, 2.05) is 0 Å². The Morgan fingerprint density at radius 1 is 1.41 bits per heavy atom. The van der Waals surface area contributed by atoms with Crippen molar-refractivity contribution in [3.8, 4) is 0 Å². The lowest BCUT2D eigenvalue weighted by molar-refractivity contribution is 0.0690. The average molecular weight is 308 g/mol. The second-order valence-corrected chi connectivity index (χ2v) is 5.95. The number of likely N-dealkylation sites (tertiary alicyclic amines) is 1. The van der Waals surface area contributed by atoms with Crippen LogP contribution in [0.4, 0.5) is 4.39 Å². The molecule has 1 unspecified atom stereocenters. The first-order valence-electron chi connectivity index (χ1n) is 7.35. The van der Waals surface area contributed by atoms with E-state index in [-0.39, 0.29) is 17.2 Å². The van der Waals surface area contributed by atoms with E-state index in [0.29, 0.717) is 6.04 Å². The number of halogens is 1. The predicted octanol–water partition coefficient (Wildman–Crippen LogP) is 2.08. The summed E-state index contributed by atoms with van der Waals surface area (Å²) in [5, 5.41) is 8.83. The van der Waals surface area contributed by atoms with Crippen molar-refractivity contribution in [1.82, 2.24) is 9.80 Å². The maximum atomic E-state index is 14.0. The fourth-order valence-corrected chi connectivity index (χ4v) is 2.73. The van der Waals surface area contributed by atoms with E-state index < -0.39 is 17.7 Å². The van der Waals surface area contributed by atoms with Crippen molar-refractivity contribution in [2.75, 3.05) is 20.1 Å². The second kappa shape index (κ2) is 6.44. The van der Waals surface area contributed by atoms with E-state index in [1.54, 1.807) is 11.9 Å². The van der Waals surface area contributed by atoms with E-state index in [2.05, 4.69) is 18.7 Å². The van der Waals surface area contributed by atoms with Crippen LogP contribution in [0.2, 0.25) is 0 Å². The Bertz CT molecular complexity index is 589. The first-order chi connectivity index (χ1) is 10.3. The molecule has 0 bridgehead atoms. The summed E-state index contributed by atoms with van der Waals surface area (Å²) in [5.74, 6) is -2.42. The molecule has 1 aromatic carbocycles. The molecule has 1 amide bonds. The first kappa shape index (κ1) is 16.4. The van der Waals surface area contributed by atoms with Gasteiger partial charge >= 0.3 is 5.97 Å². The lowest BCUT2D eigenvalue weighted by Crippen LogP contribution is -2.40. The van der Waals surface area contributed by atoms with Crippen LogP contribution < -0.4 is 0 Å². The summed E-state index contributed by atoms with van der Waals surface area (Å²) in [5.41, 5.74) is -0.251. The Morgan fingerprint density at radius 3 is 2.59 bits per heavy atom. The van der Waals surface area contributed by atoms with Gasteiger partial charge in [0.05, 0.1) is 11.1 Å². The summed E-state index contributed by atoms with van der Waals surface area (Å²) in [6, 6.07) is 3.85. The minimum atomic E-state index is -1.21. The second-order valence-electron chi connectivity index (χ2n) is 5.95. The zero-order valence-electron chi connectivity index (χ0n) is 13.0. The highest BCUT2D eigenvalue weighted by molar-refractivity contribution is 5.96. The molecular formula is C16H21FN2O3. The zero-order chi connectivity index (χ0) is 16.4. The van der Waals surface area contributed by atoms with Gasteiger partial charge < -0.3 is 10.0 Å². The minimum absolute atomic E-state index is 0.0495. The molecule has 1 aliphatic rings. The highest BCUT2D eigenvalue weighted by atomic mass is 19.1. The van der Waals surface area contributed by atoms with Gasteiger partial charge in [0, 0.05) is 32.2 Å². The Hall–Kier alpha value is -1.95. The molecule has 2 rings (SSSR count). The number of carbonyl (C=O) groups is 2. The molecule has 1 aliphatic heterocycles. The van der Waals surface area contributed by atoms with Crippen molar-refractivity contribution < 1.29 is 19.1 Å². The summed E-state index contributed by atoms with van der Waals surface area (Å²) in [7, 11) is 1.67. The Kier molecular flexibility index (Phi) is 4.81. The van der Waals surface area contributed by atoms with Crippen molar-refractivity contribution in [1.29, 1.82) is 0 Å². The van der Waals surface area contributed by atoms with Crippen LogP contribution in [0.3, 0.4) is 0 Å². The van der Waals surface area contributed by atoms with Crippen LogP contribution in [-0.4, -0.2) is 59.0 Å². The van der Waals surface area contributed by atoms with E-state index in [9.17, 15) is 14.0 Å². The third-order valence-corrected chi connectivity index (χ3v) is 4.24. The lowest BCUT2D eigenvalue weighted by atomic mass is 10.1. The summed E-state index contributed by atoms with van der Waals surface area (Å²) in [6.07, 6.45) is 0.856. The standard InChI is InChI=1S/C16H21FN2O3/c1-10(2)19-7-6-12(9-19)18(3)15(20)13-5-4-11(16(21)22)8-14(13)17/h4-5,8,10,12H,6-7,9H2,1-3H3,(H,21,22). The number of nitrogens with zero attached hydrogens (tertiary/aromatic N) is 2. The largest absolute Gasteiger partial charge is 0.478 e. The Morgan fingerprint density at radius 2 is 2.09 bits per heavy atom. The molecule has 6 heteroatoms. The van der Waals surface area contributed by atoms with E-state index >= 15 is 0 Å². The number of carbonyl (C=O) groups excluding carboxylic acids is 1. The molecule has 1 fully saturated rings. The molecular weight excluding hydrogens is 287 g/mol. The first-order valence-corrected chi connectivity index (χ1v) is 7.35. The number of aromatic carboxylic acids is 1. The maximum Gasteiger partial charge on any atom is 0.335 e. The molecule has 0 aliphatic carbocycles. The number of carboxylic acid groups (broad SMARTS) is 1. The Balaban J connectivity index is 2.13. The van der Waals surface area contributed by atoms with Crippen LogP contribution in [0.25, 0.3) is 0 Å². The van der Waals surface area contributed by atoms with Crippen LogP contribution >= 0.6 is 0 Å². The van der Waals surface area contributed by atoms with Gasteiger partial charge in [-0.1, -0.05) is 0 Å². The molecule has 1 atom stereocenters. The van der Waals surface area contributed by atoms with Gasteiger partial charge in [-0.05, 0) is 38.5 Å². The van der Waals surface area contributed by atoms with Crippen molar-refractivity contribution in [2.24, 2.45) is 0 Å². The smallest absolute Gasteiger partial charge is 0.335 e. The molecule has 1 saturated heterocycles. The van der Waals surface area contributed by atoms with Crippen LogP contribution in [0.5, 0.6) is 0 Å². The number of amides is 1. The molecule has 0 radical (unpaired) electrons. The van der Waals surface area contributed by atoms with Crippen LogP contribution in [0, 0.1) is 5.82 Å². The fraction of sp³-hybridized carbons (Fsp3) is 0.500. The summed E-state index contributed by atoms with van der Waals surface area (Å²) in [4.78, 5) is 27.1. The lowest BCUT2D eigenvalue weighted by Gasteiger charge is -2.26. The number of rotatable bonds is 4. The van der Waals surface area contributed by atoms with Crippen molar-refractivity contribution >= 4 is 11.9 Å². The molecule has 1 heterocycles. The van der Waals surface area contributed by atoms with Gasteiger partial charge in [0.25, 0.3) is 5.91 Å². The van der Waals surface area contributed by atoms with Crippen LogP contribution in [0.15, 0.2) is 18.2 Å². The number of benzene rings is 1. The summed E-state index contributed by atoms with van der Waals surface area (Å²) < 4.78 is 14.0. The van der Waals surface area contributed by atoms with Gasteiger partial charge in [0.2, 0.25) is 0 Å². The number of hydrogen-bond acceptors (Lipinski definition) is 3. The minimum Gasteiger partial charge on any atom is -0.478 e. The topological polar surface area (TPSA) is 60.9 Å². The van der Waals surface area contributed by atoms with Crippen LogP contribution in [0.1, 0.15) is 41.0 Å². The van der Waals surface area contributed by atoms with Gasteiger partial charge in [-0.2, -0.15) is 0 Å². The zero-order valence-corrected chi connectivity index (χ0v) is 13.0. The van der Waals surface area contributed by atoms with E-state index in [1.165, 1.54) is 12.1 Å². The van der Waals surface area contributed by atoms with Gasteiger partial charge in [-0.15, -0.1) is 0 Å². The fourth-order valence-electron chi connectivity index (χ4n) is 2.73. The van der Waals surface area contributed by atoms with Gasteiger partial charge in [0.15, 0.2) is 0 Å². The SMILES string of the molecule is CC(C)N1CCC(N(C)C(=O)c2ccc(C(=O)O)cc2F)C1. The van der Waals surface area contributed by atoms with E-state index in [0.717, 1.165) is 25.6 Å². The number of carboxylic acids is 1. The van der Waals surface area contributed by atoms with Gasteiger partial charge in [-0.25, -0.2) is 9.18 Å². The average Bonchev–Trinajstić information content (AvgIpc) is 2.95. The maximum absolute atomic E-state index is 14.0. The Labute approximate surface area is 129 Å². The molecule has 1 N–H and O–H groups in total. The molecule has 120 valence electrons. The quantitative estimate of drug-likeness (QED) is 0.925. The molecule has 1 aromatic rings. The summed E-state index contributed by atoms with van der Waals surface area (Å²) in [6.45, 7) is 5.90. The van der Waals surface area contributed by atoms with Crippen molar-refractivity contribution in [3.05, 3.63) is 35.1 Å². The highest BCUT2D eigenvalue weighted by Gasteiger charge is 2.30. The van der Waals surface area contributed by atoms with Crippen molar-refractivity contribution in [2.45, 2.75) is 32.4 Å². The molecule has 5 nitrogen and oxygen atoms in total. The highest BCUT2D eigenvalue weighted by Crippen LogP contribution is 2.20. The van der Waals surface area contributed by atoms with Gasteiger partial charge in [0.1, 0.15) is 5.82 Å².